The summed E-state index contributed by atoms with van der Waals surface area (Å²) in [5.74, 6) is -0.0756. The van der Waals surface area contributed by atoms with Gasteiger partial charge in [0, 0.05) is 35.9 Å². The SMILES string of the molecule is CC(C)(C)c1ccc(O)c(N=Cc2cc([N+](=O)[O-])cc(Cc3ccccc3)c2O)c1. The second kappa shape index (κ2) is 8.37. The molecule has 0 saturated heterocycles. The number of hydrogen-bond acceptors (Lipinski definition) is 5. The molecule has 6 nitrogen and oxygen atoms in total. The van der Waals surface area contributed by atoms with E-state index < -0.39 is 4.92 Å². The number of nitro groups is 1. The van der Waals surface area contributed by atoms with Crippen LogP contribution >= 0.6 is 0 Å². The van der Waals surface area contributed by atoms with Crippen LogP contribution in [0.3, 0.4) is 0 Å². The standard InChI is InChI=1S/C24H24N2O4/c1-24(2,3)19-9-10-22(27)21(14-19)25-15-18-13-20(26(29)30)12-17(23(18)28)11-16-7-5-4-6-8-16/h4-10,12-15,27-28H,11H2,1-3H3. The van der Waals surface area contributed by atoms with Crippen LogP contribution in [0, 0.1) is 10.1 Å². The molecule has 0 aromatic heterocycles. The summed E-state index contributed by atoms with van der Waals surface area (Å²) in [6.45, 7) is 6.15. The van der Waals surface area contributed by atoms with E-state index in [1.165, 1.54) is 18.3 Å². The van der Waals surface area contributed by atoms with Crippen molar-refractivity contribution in [2.45, 2.75) is 32.6 Å². The van der Waals surface area contributed by atoms with E-state index in [1.807, 2.05) is 36.4 Å². The van der Waals surface area contributed by atoms with Crippen LogP contribution in [-0.4, -0.2) is 21.4 Å². The number of nitro benzene ring substituents is 1. The lowest BCUT2D eigenvalue weighted by Crippen LogP contribution is -2.10. The molecule has 0 heterocycles. The number of aromatic hydroxyl groups is 2. The van der Waals surface area contributed by atoms with Crippen molar-refractivity contribution in [1.29, 1.82) is 0 Å². The number of benzene rings is 3. The van der Waals surface area contributed by atoms with Gasteiger partial charge in [0.25, 0.3) is 5.69 Å². The molecule has 0 atom stereocenters. The van der Waals surface area contributed by atoms with Gasteiger partial charge in [-0.05, 0) is 28.7 Å². The summed E-state index contributed by atoms with van der Waals surface area (Å²) in [6.07, 6.45) is 1.69. The van der Waals surface area contributed by atoms with E-state index in [0.717, 1.165) is 11.1 Å². The molecule has 0 amide bonds. The van der Waals surface area contributed by atoms with Crippen LogP contribution in [0.2, 0.25) is 0 Å². The molecule has 6 heteroatoms. The number of non-ortho nitro benzene ring substituents is 1. The Labute approximate surface area is 175 Å². The molecule has 0 spiro atoms. The molecule has 3 aromatic rings. The minimum atomic E-state index is -0.497. The smallest absolute Gasteiger partial charge is 0.270 e. The Balaban J connectivity index is 2.02. The molecule has 0 bridgehead atoms. The Bertz CT molecular complexity index is 1100. The molecule has 2 N–H and O–H groups in total. The molecule has 154 valence electrons. The number of phenols is 2. The van der Waals surface area contributed by atoms with Crippen LogP contribution in [-0.2, 0) is 11.8 Å². The van der Waals surface area contributed by atoms with Crippen molar-refractivity contribution >= 4 is 17.6 Å². The van der Waals surface area contributed by atoms with Crippen molar-refractivity contribution in [1.82, 2.24) is 0 Å². The highest BCUT2D eigenvalue weighted by molar-refractivity contribution is 5.87. The second-order valence-corrected chi connectivity index (χ2v) is 8.17. The normalized spacial score (nSPS) is 11.7. The van der Waals surface area contributed by atoms with E-state index in [0.29, 0.717) is 17.7 Å². The van der Waals surface area contributed by atoms with E-state index in [9.17, 15) is 20.3 Å². The van der Waals surface area contributed by atoms with Gasteiger partial charge in [-0.3, -0.25) is 15.1 Å². The molecule has 0 unspecified atom stereocenters. The summed E-state index contributed by atoms with van der Waals surface area (Å²) in [4.78, 5) is 15.2. The van der Waals surface area contributed by atoms with Crippen LogP contribution in [0.15, 0.2) is 65.7 Å². The van der Waals surface area contributed by atoms with Gasteiger partial charge in [-0.15, -0.1) is 0 Å². The summed E-state index contributed by atoms with van der Waals surface area (Å²) in [5.41, 5.74) is 2.63. The zero-order valence-electron chi connectivity index (χ0n) is 17.2. The minimum Gasteiger partial charge on any atom is -0.507 e. The largest absolute Gasteiger partial charge is 0.507 e. The zero-order valence-corrected chi connectivity index (χ0v) is 17.2. The van der Waals surface area contributed by atoms with E-state index in [1.54, 1.807) is 12.1 Å². The lowest BCUT2D eigenvalue weighted by Gasteiger charge is -2.19. The molecule has 3 aromatic carbocycles. The van der Waals surface area contributed by atoms with Gasteiger partial charge in [0.05, 0.1) is 4.92 Å². The van der Waals surface area contributed by atoms with Crippen molar-refractivity contribution in [2.75, 3.05) is 0 Å². The predicted molar refractivity (Wildman–Crippen MR) is 118 cm³/mol. The Morgan fingerprint density at radius 2 is 1.73 bits per heavy atom. The van der Waals surface area contributed by atoms with Crippen molar-refractivity contribution in [3.05, 3.63) is 93.0 Å². The molecular weight excluding hydrogens is 380 g/mol. The van der Waals surface area contributed by atoms with E-state index in [2.05, 4.69) is 25.8 Å². The summed E-state index contributed by atoms with van der Waals surface area (Å²) in [7, 11) is 0. The molecule has 0 aliphatic carbocycles. The third-order valence-electron chi connectivity index (χ3n) is 4.84. The van der Waals surface area contributed by atoms with E-state index in [4.69, 9.17) is 0 Å². The third kappa shape index (κ3) is 4.84. The van der Waals surface area contributed by atoms with E-state index >= 15 is 0 Å². The minimum absolute atomic E-state index is 0.00585. The highest BCUT2D eigenvalue weighted by atomic mass is 16.6. The van der Waals surface area contributed by atoms with Gasteiger partial charge in [0.15, 0.2) is 0 Å². The maximum atomic E-state index is 11.4. The number of rotatable bonds is 5. The summed E-state index contributed by atoms with van der Waals surface area (Å²) < 4.78 is 0. The number of hydrogen-bond donors (Lipinski definition) is 2. The molecule has 0 aliphatic heterocycles. The lowest BCUT2D eigenvalue weighted by molar-refractivity contribution is -0.384. The highest BCUT2D eigenvalue weighted by Crippen LogP contribution is 2.34. The van der Waals surface area contributed by atoms with Gasteiger partial charge in [-0.1, -0.05) is 57.2 Å². The molecule has 0 aliphatic rings. The molecular formula is C24H24N2O4. The van der Waals surface area contributed by atoms with Gasteiger partial charge in [-0.25, -0.2) is 0 Å². The Morgan fingerprint density at radius 3 is 2.37 bits per heavy atom. The van der Waals surface area contributed by atoms with Crippen molar-refractivity contribution < 1.29 is 15.1 Å². The first kappa shape index (κ1) is 21.0. The van der Waals surface area contributed by atoms with Crippen molar-refractivity contribution in [3.63, 3.8) is 0 Å². The molecule has 3 rings (SSSR count). The van der Waals surface area contributed by atoms with Crippen molar-refractivity contribution in [3.8, 4) is 11.5 Å². The maximum Gasteiger partial charge on any atom is 0.270 e. The zero-order chi connectivity index (χ0) is 21.9. The van der Waals surface area contributed by atoms with Crippen LogP contribution in [0.5, 0.6) is 11.5 Å². The van der Waals surface area contributed by atoms with Crippen molar-refractivity contribution in [2.24, 2.45) is 4.99 Å². The Morgan fingerprint density at radius 1 is 1.03 bits per heavy atom. The first-order valence-corrected chi connectivity index (χ1v) is 9.57. The summed E-state index contributed by atoms with van der Waals surface area (Å²) in [6, 6.07) is 17.2. The number of aliphatic imine (C=N–C) groups is 1. The quantitative estimate of drug-likeness (QED) is 0.326. The van der Waals surface area contributed by atoms with Crippen LogP contribution in [0.25, 0.3) is 0 Å². The lowest BCUT2D eigenvalue weighted by atomic mass is 9.87. The van der Waals surface area contributed by atoms with Crippen LogP contribution in [0.1, 0.15) is 43.0 Å². The molecule has 0 radical (unpaired) electrons. The summed E-state index contributed by atoms with van der Waals surface area (Å²) >= 11 is 0. The average molecular weight is 404 g/mol. The van der Waals surface area contributed by atoms with Gasteiger partial charge < -0.3 is 10.2 Å². The van der Waals surface area contributed by atoms with Gasteiger partial charge >= 0.3 is 0 Å². The highest BCUT2D eigenvalue weighted by Gasteiger charge is 2.17. The number of nitrogens with zero attached hydrogens (tertiary/aromatic N) is 2. The first-order chi connectivity index (χ1) is 14.1. The topological polar surface area (TPSA) is 96.0 Å². The maximum absolute atomic E-state index is 11.4. The second-order valence-electron chi connectivity index (χ2n) is 8.17. The fraction of sp³-hybridized carbons (Fsp3) is 0.208. The average Bonchev–Trinajstić information content (AvgIpc) is 2.69. The van der Waals surface area contributed by atoms with E-state index in [-0.39, 0.29) is 28.2 Å². The monoisotopic (exact) mass is 404 g/mol. The first-order valence-electron chi connectivity index (χ1n) is 9.57. The predicted octanol–water partition coefficient (Wildman–Crippen LogP) is 5.64. The molecule has 30 heavy (non-hydrogen) atoms. The fourth-order valence-corrected chi connectivity index (χ4v) is 3.09. The van der Waals surface area contributed by atoms with Gasteiger partial charge in [-0.2, -0.15) is 0 Å². The van der Waals surface area contributed by atoms with Crippen LogP contribution < -0.4 is 0 Å². The van der Waals surface area contributed by atoms with Gasteiger partial charge in [0.2, 0.25) is 0 Å². The van der Waals surface area contributed by atoms with Crippen LogP contribution in [0.4, 0.5) is 11.4 Å². The fourth-order valence-electron chi connectivity index (χ4n) is 3.09. The Kier molecular flexibility index (Phi) is 5.87. The molecule has 0 fully saturated rings. The number of phenolic OH excluding ortho intramolecular Hbond substituents is 2. The molecule has 0 saturated carbocycles. The summed E-state index contributed by atoms with van der Waals surface area (Å²) in [5, 5.41) is 32.3. The third-order valence-corrected chi connectivity index (χ3v) is 4.84. The van der Waals surface area contributed by atoms with Gasteiger partial charge in [0.1, 0.15) is 17.2 Å². The Hall–Kier alpha value is -3.67.